The molecule has 0 saturated carbocycles. The first-order valence-electron chi connectivity index (χ1n) is 4.84. The van der Waals surface area contributed by atoms with E-state index in [2.05, 4.69) is 4.99 Å². The highest BCUT2D eigenvalue weighted by Gasteiger charge is 2.05. The highest BCUT2D eigenvalue weighted by Crippen LogP contribution is 2.25. The minimum atomic E-state index is -0.628. The Bertz CT molecular complexity index is 587. The van der Waals surface area contributed by atoms with Crippen molar-refractivity contribution in [2.45, 2.75) is 0 Å². The van der Waals surface area contributed by atoms with Crippen LogP contribution in [-0.4, -0.2) is 6.08 Å². The van der Waals surface area contributed by atoms with E-state index < -0.39 is 11.6 Å². The van der Waals surface area contributed by atoms with Crippen molar-refractivity contribution in [2.75, 3.05) is 0 Å². The number of hydrogen-bond acceptors (Lipinski definition) is 2. The SMILES string of the molecule is O=C=Nc1ccc(-c2ccc(F)cc2F)cc1. The molecule has 0 aromatic heterocycles. The van der Waals surface area contributed by atoms with Gasteiger partial charge < -0.3 is 0 Å². The number of carbonyl (C=O) groups excluding carboxylic acids is 1. The van der Waals surface area contributed by atoms with E-state index in [0.717, 1.165) is 6.07 Å². The summed E-state index contributed by atoms with van der Waals surface area (Å²) in [5.74, 6) is -1.25. The monoisotopic (exact) mass is 231 g/mol. The molecule has 4 heteroatoms. The Morgan fingerprint density at radius 1 is 1.00 bits per heavy atom. The van der Waals surface area contributed by atoms with Gasteiger partial charge in [-0.2, -0.15) is 4.99 Å². The number of aliphatic imine (C=N–C) groups is 1. The Kier molecular flexibility index (Phi) is 3.08. The van der Waals surface area contributed by atoms with Crippen LogP contribution >= 0.6 is 0 Å². The third-order valence-corrected chi connectivity index (χ3v) is 2.28. The number of nitrogens with zero attached hydrogens (tertiary/aromatic N) is 1. The summed E-state index contributed by atoms with van der Waals surface area (Å²) in [5, 5.41) is 0. The molecule has 2 nitrogen and oxygen atoms in total. The molecule has 0 saturated heterocycles. The second-order valence-corrected chi connectivity index (χ2v) is 3.37. The molecule has 0 fully saturated rings. The maximum absolute atomic E-state index is 13.5. The van der Waals surface area contributed by atoms with Gasteiger partial charge in [0, 0.05) is 11.6 Å². The summed E-state index contributed by atoms with van der Waals surface area (Å²) in [6.07, 6.45) is 1.41. The van der Waals surface area contributed by atoms with Crippen molar-refractivity contribution in [3.05, 3.63) is 54.1 Å². The van der Waals surface area contributed by atoms with Crippen molar-refractivity contribution in [2.24, 2.45) is 4.99 Å². The minimum absolute atomic E-state index is 0.299. The highest BCUT2D eigenvalue weighted by molar-refractivity contribution is 5.66. The van der Waals surface area contributed by atoms with Crippen molar-refractivity contribution >= 4 is 11.8 Å². The van der Waals surface area contributed by atoms with Gasteiger partial charge in [-0.15, -0.1) is 0 Å². The zero-order valence-electron chi connectivity index (χ0n) is 8.65. The van der Waals surface area contributed by atoms with Crippen LogP contribution < -0.4 is 0 Å². The lowest BCUT2D eigenvalue weighted by molar-refractivity contribution is 0.565. The van der Waals surface area contributed by atoms with Crippen LogP contribution in [0.2, 0.25) is 0 Å². The summed E-state index contributed by atoms with van der Waals surface area (Å²) < 4.78 is 26.2. The normalized spacial score (nSPS) is 9.76. The number of isocyanates is 1. The molecular weight excluding hydrogens is 224 g/mol. The topological polar surface area (TPSA) is 29.4 Å². The van der Waals surface area contributed by atoms with Gasteiger partial charge in [0.15, 0.2) is 0 Å². The molecule has 0 amide bonds. The van der Waals surface area contributed by atoms with Crippen LogP contribution in [0.5, 0.6) is 0 Å². The summed E-state index contributed by atoms with van der Waals surface area (Å²) in [6.45, 7) is 0. The fraction of sp³-hybridized carbons (Fsp3) is 0. The molecule has 2 aromatic carbocycles. The molecule has 2 rings (SSSR count). The lowest BCUT2D eigenvalue weighted by Crippen LogP contribution is -1.85. The standard InChI is InChI=1S/C13H7F2NO/c14-10-3-6-12(13(15)7-10)9-1-4-11(5-2-9)16-8-17/h1-7H. The number of hydrogen-bond donors (Lipinski definition) is 0. The Morgan fingerprint density at radius 2 is 1.71 bits per heavy atom. The lowest BCUT2D eigenvalue weighted by atomic mass is 10.0. The summed E-state index contributed by atoms with van der Waals surface area (Å²) in [6, 6.07) is 9.70. The van der Waals surface area contributed by atoms with Crippen molar-refractivity contribution in [1.82, 2.24) is 0 Å². The number of benzene rings is 2. The smallest absolute Gasteiger partial charge is 0.211 e. The maximum atomic E-state index is 13.5. The minimum Gasteiger partial charge on any atom is -0.211 e. The van der Waals surface area contributed by atoms with Crippen molar-refractivity contribution in [3.8, 4) is 11.1 Å². The van der Waals surface area contributed by atoms with Crippen molar-refractivity contribution in [3.63, 3.8) is 0 Å². The van der Waals surface area contributed by atoms with Gasteiger partial charge in [0.2, 0.25) is 6.08 Å². The second kappa shape index (κ2) is 4.68. The third-order valence-electron chi connectivity index (χ3n) is 2.28. The van der Waals surface area contributed by atoms with E-state index >= 15 is 0 Å². The second-order valence-electron chi connectivity index (χ2n) is 3.37. The lowest BCUT2D eigenvalue weighted by Gasteiger charge is -2.03. The zero-order valence-corrected chi connectivity index (χ0v) is 8.65. The Morgan fingerprint density at radius 3 is 2.29 bits per heavy atom. The van der Waals surface area contributed by atoms with E-state index in [4.69, 9.17) is 0 Å². The van der Waals surface area contributed by atoms with E-state index in [9.17, 15) is 13.6 Å². The van der Waals surface area contributed by atoms with Gasteiger partial charge in [-0.05, 0) is 29.8 Å². The molecular formula is C13H7F2NO. The first-order chi connectivity index (χ1) is 8.20. The van der Waals surface area contributed by atoms with E-state index in [1.165, 1.54) is 18.2 Å². The van der Waals surface area contributed by atoms with Gasteiger partial charge in [-0.3, -0.25) is 0 Å². The zero-order chi connectivity index (χ0) is 12.3. The molecule has 17 heavy (non-hydrogen) atoms. The van der Waals surface area contributed by atoms with E-state index in [0.29, 0.717) is 16.8 Å². The summed E-state index contributed by atoms with van der Waals surface area (Å²) in [7, 11) is 0. The quantitative estimate of drug-likeness (QED) is 0.573. The van der Waals surface area contributed by atoms with Crippen LogP contribution in [-0.2, 0) is 4.79 Å². The molecule has 0 bridgehead atoms. The van der Waals surface area contributed by atoms with E-state index in [1.54, 1.807) is 24.3 Å². The fourth-order valence-corrected chi connectivity index (χ4v) is 1.49. The largest absolute Gasteiger partial charge is 0.240 e. The van der Waals surface area contributed by atoms with E-state index in [-0.39, 0.29) is 0 Å². The average Bonchev–Trinajstić information content (AvgIpc) is 2.31. The molecule has 0 aliphatic heterocycles. The first kappa shape index (κ1) is 11.2. The Labute approximate surface area is 96.2 Å². The van der Waals surface area contributed by atoms with Gasteiger partial charge in [-0.1, -0.05) is 12.1 Å². The molecule has 2 aromatic rings. The molecule has 0 spiro atoms. The molecule has 0 aliphatic rings. The van der Waals surface area contributed by atoms with Gasteiger partial charge in [0.05, 0.1) is 5.69 Å². The molecule has 0 unspecified atom stereocenters. The van der Waals surface area contributed by atoms with Crippen LogP contribution in [0.15, 0.2) is 47.5 Å². The molecule has 0 atom stereocenters. The number of halogens is 2. The molecule has 0 heterocycles. The van der Waals surface area contributed by atoms with Gasteiger partial charge in [0.1, 0.15) is 11.6 Å². The van der Waals surface area contributed by atoms with Crippen LogP contribution in [0.4, 0.5) is 14.5 Å². The Balaban J connectivity index is 2.43. The molecule has 0 aliphatic carbocycles. The number of rotatable bonds is 2. The van der Waals surface area contributed by atoms with Crippen LogP contribution in [0.3, 0.4) is 0 Å². The summed E-state index contributed by atoms with van der Waals surface area (Å²) >= 11 is 0. The average molecular weight is 231 g/mol. The maximum Gasteiger partial charge on any atom is 0.240 e. The first-order valence-corrected chi connectivity index (χ1v) is 4.84. The predicted octanol–water partition coefficient (Wildman–Crippen LogP) is 3.60. The van der Waals surface area contributed by atoms with Gasteiger partial charge in [0.25, 0.3) is 0 Å². The van der Waals surface area contributed by atoms with Gasteiger partial charge >= 0.3 is 0 Å². The van der Waals surface area contributed by atoms with Gasteiger partial charge in [-0.25, -0.2) is 13.6 Å². The third kappa shape index (κ3) is 2.44. The summed E-state index contributed by atoms with van der Waals surface area (Å²) in [4.78, 5) is 13.4. The Hall–Kier alpha value is -2.32. The van der Waals surface area contributed by atoms with E-state index in [1.807, 2.05) is 0 Å². The highest BCUT2D eigenvalue weighted by atomic mass is 19.1. The van der Waals surface area contributed by atoms with Crippen LogP contribution in [0.1, 0.15) is 0 Å². The molecule has 0 radical (unpaired) electrons. The van der Waals surface area contributed by atoms with Crippen molar-refractivity contribution in [1.29, 1.82) is 0 Å². The molecule has 0 N–H and O–H groups in total. The van der Waals surface area contributed by atoms with Crippen molar-refractivity contribution < 1.29 is 13.6 Å². The predicted molar refractivity (Wildman–Crippen MR) is 59.6 cm³/mol. The van der Waals surface area contributed by atoms with Crippen LogP contribution in [0.25, 0.3) is 11.1 Å². The summed E-state index contributed by atoms with van der Waals surface area (Å²) in [5.41, 5.74) is 1.33. The molecule has 84 valence electrons. The van der Waals surface area contributed by atoms with Crippen LogP contribution in [0, 0.1) is 11.6 Å². The fourth-order valence-electron chi connectivity index (χ4n) is 1.49.